The predicted molar refractivity (Wildman–Crippen MR) is 79.3 cm³/mol. The van der Waals surface area contributed by atoms with Crippen molar-refractivity contribution in [3.63, 3.8) is 0 Å². The molecule has 128 valence electrons. The van der Waals surface area contributed by atoms with Crippen LogP contribution in [-0.4, -0.2) is 51.9 Å². The summed E-state index contributed by atoms with van der Waals surface area (Å²) >= 11 is 0. The van der Waals surface area contributed by atoms with Crippen molar-refractivity contribution < 1.29 is 34.6 Å². The molecule has 0 spiro atoms. The van der Waals surface area contributed by atoms with Gasteiger partial charge in [0, 0.05) is 0 Å². The van der Waals surface area contributed by atoms with Crippen LogP contribution in [-0.2, 0) is 4.57 Å². The summed E-state index contributed by atoms with van der Waals surface area (Å²) in [5.74, 6) is 0. The second-order valence-electron chi connectivity index (χ2n) is 3.69. The largest absolute Gasteiger partial charge is 3.00 e. The summed E-state index contributed by atoms with van der Waals surface area (Å²) < 4.78 is 8.88. The maximum Gasteiger partial charge on any atom is 3.00 e. The van der Waals surface area contributed by atoms with E-state index in [4.69, 9.17) is 19.2 Å². The molecule has 0 fully saturated rings. The standard InChI is InChI=1S/3C4H9O.Al.H3O4P/c3*1-2-3-4-5;;1-5(2,3)4/h3*2-4H2,1H3;;(H3,1,2,3,4)/q3*-1;+3;. The molecule has 0 aliphatic carbocycles. The van der Waals surface area contributed by atoms with Crippen LogP contribution >= 0.6 is 7.82 Å². The van der Waals surface area contributed by atoms with Gasteiger partial charge in [-0.15, -0.1) is 19.8 Å². The third-order valence-corrected chi connectivity index (χ3v) is 1.49. The van der Waals surface area contributed by atoms with E-state index in [1.807, 2.05) is 20.8 Å². The van der Waals surface area contributed by atoms with Crippen LogP contribution in [0, 0.1) is 0 Å². The number of hydrogen-bond acceptors (Lipinski definition) is 4. The molecule has 0 aromatic carbocycles. The van der Waals surface area contributed by atoms with Gasteiger partial charge in [-0.2, -0.15) is 0 Å². The Labute approximate surface area is 139 Å². The van der Waals surface area contributed by atoms with Gasteiger partial charge < -0.3 is 30.0 Å². The molecule has 0 radical (unpaired) electrons. The topological polar surface area (TPSA) is 147 Å². The van der Waals surface area contributed by atoms with Crippen LogP contribution in [0.5, 0.6) is 0 Å². The van der Waals surface area contributed by atoms with E-state index in [9.17, 15) is 15.3 Å². The van der Waals surface area contributed by atoms with Crippen molar-refractivity contribution in [2.75, 3.05) is 19.8 Å². The van der Waals surface area contributed by atoms with E-state index in [1.165, 1.54) is 0 Å². The van der Waals surface area contributed by atoms with Gasteiger partial charge >= 0.3 is 25.2 Å². The maximum absolute atomic E-state index is 9.53. The quantitative estimate of drug-likeness (QED) is 0.419. The minimum atomic E-state index is -4.64. The normalized spacial score (nSPS) is 8.81. The number of rotatable bonds is 6. The predicted octanol–water partition coefficient (Wildman–Crippen LogP) is -0.869. The monoisotopic (exact) mass is 344 g/mol. The molecule has 21 heavy (non-hydrogen) atoms. The molecule has 0 aromatic heterocycles. The summed E-state index contributed by atoms with van der Waals surface area (Å²) in [7, 11) is -4.64. The molecule has 0 amide bonds. The average Bonchev–Trinajstić information content (AvgIpc) is 2.31. The first kappa shape index (κ1) is 33.2. The van der Waals surface area contributed by atoms with Gasteiger partial charge in [0.1, 0.15) is 0 Å². The van der Waals surface area contributed by atoms with Crippen molar-refractivity contribution in [1.29, 1.82) is 0 Å². The van der Waals surface area contributed by atoms with Crippen LogP contribution in [0.25, 0.3) is 0 Å². The third-order valence-electron chi connectivity index (χ3n) is 1.49. The molecular formula is C12H30AlO7P. The summed E-state index contributed by atoms with van der Waals surface area (Å²) in [6.45, 7) is 6.32. The Kier molecular flexibility index (Phi) is 51.3. The van der Waals surface area contributed by atoms with E-state index in [1.54, 1.807) is 0 Å². The van der Waals surface area contributed by atoms with Crippen LogP contribution < -0.4 is 15.3 Å². The van der Waals surface area contributed by atoms with Crippen molar-refractivity contribution in [3.8, 4) is 0 Å². The first-order valence-corrected chi connectivity index (χ1v) is 8.34. The van der Waals surface area contributed by atoms with Crippen LogP contribution in [0.4, 0.5) is 0 Å². The van der Waals surface area contributed by atoms with Crippen molar-refractivity contribution in [3.05, 3.63) is 0 Å². The van der Waals surface area contributed by atoms with Gasteiger partial charge in [0.2, 0.25) is 0 Å². The Balaban J connectivity index is -0.0000000533. The molecule has 0 aromatic rings. The van der Waals surface area contributed by atoms with Crippen LogP contribution in [0.15, 0.2) is 0 Å². The van der Waals surface area contributed by atoms with E-state index in [-0.39, 0.29) is 37.2 Å². The van der Waals surface area contributed by atoms with Crippen molar-refractivity contribution in [1.82, 2.24) is 0 Å². The summed E-state index contributed by atoms with van der Waals surface area (Å²) in [6.07, 6.45) is 5.59. The minimum Gasteiger partial charge on any atom is -0.854 e. The smallest absolute Gasteiger partial charge is 0.854 e. The first-order valence-electron chi connectivity index (χ1n) is 6.77. The van der Waals surface area contributed by atoms with Crippen molar-refractivity contribution in [2.24, 2.45) is 0 Å². The Morgan fingerprint density at radius 2 is 0.857 bits per heavy atom. The van der Waals surface area contributed by atoms with E-state index < -0.39 is 7.82 Å². The molecule has 3 N–H and O–H groups in total. The summed E-state index contributed by atoms with van der Waals surface area (Å²) in [5, 5.41) is 28.6. The van der Waals surface area contributed by atoms with E-state index in [0.29, 0.717) is 0 Å². The molecule has 0 aliphatic rings. The maximum atomic E-state index is 9.53. The van der Waals surface area contributed by atoms with Gasteiger partial charge in [-0.3, -0.25) is 0 Å². The number of hydrogen-bond donors (Lipinski definition) is 3. The van der Waals surface area contributed by atoms with Crippen LogP contribution in [0.3, 0.4) is 0 Å². The second kappa shape index (κ2) is 32.5. The zero-order valence-electron chi connectivity index (χ0n) is 13.4. The Morgan fingerprint density at radius 3 is 0.857 bits per heavy atom. The molecule has 0 rings (SSSR count). The Bertz CT molecular complexity index is 150. The zero-order valence-corrected chi connectivity index (χ0v) is 15.4. The number of phosphoric acid groups is 1. The zero-order chi connectivity index (χ0) is 16.9. The Morgan fingerprint density at radius 1 is 0.714 bits per heavy atom. The summed E-state index contributed by atoms with van der Waals surface area (Å²) in [4.78, 5) is 21.6. The van der Waals surface area contributed by atoms with Gasteiger partial charge in [-0.25, -0.2) is 4.57 Å². The molecule has 0 aliphatic heterocycles. The average molecular weight is 344 g/mol. The van der Waals surface area contributed by atoms with Gasteiger partial charge in [0.25, 0.3) is 0 Å². The number of unbranched alkanes of at least 4 members (excludes halogenated alkanes) is 3. The van der Waals surface area contributed by atoms with Crippen LogP contribution in [0.1, 0.15) is 59.3 Å². The SMILES string of the molecule is CCCC[O-].CCCC[O-].CCCC[O-].O=P(O)(O)O.[Al+3]. The minimum absolute atomic E-state index is 0. The summed E-state index contributed by atoms with van der Waals surface area (Å²) in [5.41, 5.74) is 0. The molecule has 0 atom stereocenters. The van der Waals surface area contributed by atoms with Crippen molar-refractivity contribution >= 4 is 25.2 Å². The Hall–Kier alpha value is 0.522. The fourth-order valence-corrected chi connectivity index (χ4v) is 0.433. The molecule has 9 heteroatoms. The molecule has 7 nitrogen and oxygen atoms in total. The van der Waals surface area contributed by atoms with Gasteiger partial charge in [-0.05, 0) is 0 Å². The fraction of sp³-hybridized carbons (Fsp3) is 1.00. The summed E-state index contributed by atoms with van der Waals surface area (Å²) in [6, 6.07) is 0. The van der Waals surface area contributed by atoms with E-state index >= 15 is 0 Å². The molecule has 0 unspecified atom stereocenters. The second-order valence-corrected chi connectivity index (χ2v) is 4.71. The van der Waals surface area contributed by atoms with E-state index in [2.05, 4.69) is 0 Å². The van der Waals surface area contributed by atoms with Crippen molar-refractivity contribution in [2.45, 2.75) is 59.3 Å². The first-order chi connectivity index (χ1) is 9.24. The van der Waals surface area contributed by atoms with Crippen LogP contribution in [0.2, 0.25) is 0 Å². The van der Waals surface area contributed by atoms with Gasteiger partial charge in [0.15, 0.2) is 0 Å². The van der Waals surface area contributed by atoms with Gasteiger partial charge in [0.05, 0.1) is 0 Å². The molecule has 0 saturated carbocycles. The third kappa shape index (κ3) is 166. The van der Waals surface area contributed by atoms with E-state index in [0.717, 1.165) is 38.5 Å². The molecular weight excluding hydrogens is 314 g/mol. The molecule has 0 bridgehead atoms. The van der Waals surface area contributed by atoms with Gasteiger partial charge in [-0.1, -0.05) is 59.3 Å². The fourth-order valence-electron chi connectivity index (χ4n) is 0.433. The molecule has 0 saturated heterocycles. The molecule has 0 heterocycles.